The summed E-state index contributed by atoms with van der Waals surface area (Å²) in [5, 5.41) is 6.33. The van der Waals surface area contributed by atoms with E-state index in [0.29, 0.717) is 5.92 Å². The molecule has 2 unspecified atom stereocenters. The highest BCUT2D eigenvalue weighted by atomic mass is 35.5. The predicted octanol–water partition coefficient (Wildman–Crippen LogP) is 4.23. The van der Waals surface area contributed by atoms with Crippen molar-refractivity contribution in [2.75, 3.05) is 13.7 Å². The minimum Gasteiger partial charge on any atom is -0.493 e. The molecule has 0 saturated heterocycles. The van der Waals surface area contributed by atoms with E-state index in [-0.39, 0.29) is 6.04 Å². The molecule has 0 fully saturated rings. The van der Waals surface area contributed by atoms with Crippen LogP contribution in [0, 0.1) is 0 Å². The first kappa shape index (κ1) is 13.0. The quantitative estimate of drug-likeness (QED) is 0.914. The topological polar surface area (TPSA) is 21.3 Å². The Kier molecular flexibility index (Phi) is 3.78. The van der Waals surface area contributed by atoms with Gasteiger partial charge < -0.3 is 10.1 Å². The highest BCUT2D eigenvalue weighted by Gasteiger charge is 2.30. The summed E-state index contributed by atoms with van der Waals surface area (Å²) in [5.41, 5.74) is 1.28. The lowest BCUT2D eigenvalue weighted by Gasteiger charge is -2.32. The number of fused-ring (bicyclic) bond motifs is 1. The molecule has 2 heterocycles. The van der Waals surface area contributed by atoms with Gasteiger partial charge in [0.25, 0.3) is 0 Å². The Morgan fingerprint density at radius 2 is 2.21 bits per heavy atom. The van der Waals surface area contributed by atoms with E-state index in [2.05, 4.69) is 17.4 Å². The van der Waals surface area contributed by atoms with Crippen molar-refractivity contribution in [2.45, 2.75) is 18.4 Å². The molecule has 0 radical (unpaired) electrons. The molecule has 1 aliphatic heterocycles. The Hall–Kier alpha value is -1.03. The summed E-state index contributed by atoms with van der Waals surface area (Å²) in [7, 11) is 2.00. The first-order valence-corrected chi connectivity index (χ1v) is 7.69. The zero-order valence-electron chi connectivity index (χ0n) is 10.7. The standard InChI is InChI=1S/C15H16ClNOS/c1-17-14(15-12(16)7-9-19-15)11-6-8-18-13-5-3-2-4-10(11)13/h2-5,7,9,11,14,17H,6,8H2,1H3. The highest BCUT2D eigenvalue weighted by molar-refractivity contribution is 7.10. The van der Waals surface area contributed by atoms with Gasteiger partial charge in [-0.1, -0.05) is 29.8 Å². The minimum absolute atomic E-state index is 0.248. The van der Waals surface area contributed by atoms with Gasteiger partial charge in [0.2, 0.25) is 0 Å². The lowest BCUT2D eigenvalue weighted by atomic mass is 9.86. The fourth-order valence-corrected chi connectivity index (χ4v) is 4.11. The van der Waals surface area contributed by atoms with Gasteiger partial charge in [-0.25, -0.2) is 0 Å². The van der Waals surface area contributed by atoms with Crippen LogP contribution in [0.5, 0.6) is 5.75 Å². The average molecular weight is 294 g/mol. The summed E-state index contributed by atoms with van der Waals surface area (Å²) >= 11 is 8.01. The Balaban J connectivity index is 2.00. The molecule has 1 aromatic carbocycles. The molecule has 0 bridgehead atoms. The molecule has 2 aromatic rings. The first-order valence-electron chi connectivity index (χ1n) is 6.43. The van der Waals surface area contributed by atoms with Gasteiger partial charge in [-0.05, 0) is 36.5 Å². The third kappa shape index (κ3) is 2.38. The molecule has 3 rings (SSSR count). The van der Waals surface area contributed by atoms with Crippen LogP contribution in [0.25, 0.3) is 0 Å². The van der Waals surface area contributed by atoms with Crippen LogP contribution in [-0.2, 0) is 0 Å². The van der Waals surface area contributed by atoms with E-state index in [0.717, 1.165) is 23.8 Å². The van der Waals surface area contributed by atoms with Gasteiger partial charge in [0, 0.05) is 16.8 Å². The van der Waals surface area contributed by atoms with Crippen LogP contribution in [0.4, 0.5) is 0 Å². The molecule has 0 spiro atoms. The Labute approximate surface area is 122 Å². The van der Waals surface area contributed by atoms with Gasteiger partial charge in [0.15, 0.2) is 0 Å². The Morgan fingerprint density at radius 1 is 1.37 bits per heavy atom. The number of likely N-dealkylation sites (N-methyl/N-ethyl adjacent to an activating group) is 1. The number of rotatable bonds is 3. The molecule has 100 valence electrons. The number of thiophene rings is 1. The number of benzene rings is 1. The lowest BCUT2D eigenvalue weighted by Crippen LogP contribution is -2.27. The van der Waals surface area contributed by atoms with Gasteiger partial charge in [-0.3, -0.25) is 0 Å². The van der Waals surface area contributed by atoms with Crippen molar-refractivity contribution >= 4 is 22.9 Å². The van der Waals surface area contributed by atoms with E-state index in [9.17, 15) is 0 Å². The zero-order chi connectivity index (χ0) is 13.2. The van der Waals surface area contributed by atoms with E-state index in [1.165, 1.54) is 10.4 Å². The smallest absolute Gasteiger partial charge is 0.122 e. The zero-order valence-corrected chi connectivity index (χ0v) is 12.3. The van der Waals surface area contributed by atoms with Crippen molar-refractivity contribution in [2.24, 2.45) is 0 Å². The number of hydrogen-bond donors (Lipinski definition) is 1. The summed E-state index contributed by atoms with van der Waals surface area (Å²) in [6, 6.07) is 10.5. The Bertz CT molecular complexity index is 569. The molecule has 2 atom stereocenters. The minimum atomic E-state index is 0.248. The molecule has 0 aliphatic carbocycles. The van der Waals surface area contributed by atoms with Crippen LogP contribution in [-0.4, -0.2) is 13.7 Å². The van der Waals surface area contributed by atoms with Crippen molar-refractivity contribution in [3.8, 4) is 5.75 Å². The fourth-order valence-electron chi connectivity index (χ4n) is 2.76. The molecule has 19 heavy (non-hydrogen) atoms. The van der Waals surface area contributed by atoms with E-state index in [4.69, 9.17) is 16.3 Å². The average Bonchev–Trinajstić information content (AvgIpc) is 2.86. The third-order valence-corrected chi connectivity index (χ3v) is 5.09. The van der Waals surface area contributed by atoms with Gasteiger partial charge in [-0.15, -0.1) is 11.3 Å². The van der Waals surface area contributed by atoms with Crippen molar-refractivity contribution in [3.05, 3.63) is 51.2 Å². The fraction of sp³-hybridized carbons (Fsp3) is 0.333. The number of ether oxygens (including phenoxy) is 1. The molecule has 1 aromatic heterocycles. The van der Waals surface area contributed by atoms with Crippen LogP contribution in [0.1, 0.15) is 28.8 Å². The summed E-state index contributed by atoms with van der Waals surface area (Å²) < 4.78 is 5.74. The monoisotopic (exact) mass is 293 g/mol. The molecule has 1 N–H and O–H groups in total. The van der Waals surface area contributed by atoms with E-state index < -0.39 is 0 Å². The maximum atomic E-state index is 6.30. The van der Waals surface area contributed by atoms with Crippen LogP contribution in [0.3, 0.4) is 0 Å². The SMILES string of the molecule is CNC(c1sccc1Cl)C1CCOc2ccccc21. The van der Waals surface area contributed by atoms with Gasteiger partial charge in [0.1, 0.15) is 5.75 Å². The molecular weight excluding hydrogens is 278 g/mol. The van der Waals surface area contributed by atoms with Crippen LogP contribution in [0.15, 0.2) is 35.7 Å². The van der Waals surface area contributed by atoms with Gasteiger partial charge >= 0.3 is 0 Å². The number of halogens is 1. The highest BCUT2D eigenvalue weighted by Crippen LogP contribution is 2.44. The second kappa shape index (κ2) is 5.53. The first-order chi connectivity index (χ1) is 9.31. The largest absolute Gasteiger partial charge is 0.493 e. The van der Waals surface area contributed by atoms with Crippen molar-refractivity contribution in [3.63, 3.8) is 0 Å². The molecule has 0 saturated carbocycles. The predicted molar refractivity (Wildman–Crippen MR) is 80.4 cm³/mol. The van der Waals surface area contributed by atoms with Crippen molar-refractivity contribution in [1.29, 1.82) is 0 Å². The van der Waals surface area contributed by atoms with Crippen molar-refractivity contribution < 1.29 is 4.74 Å². The second-order valence-electron chi connectivity index (χ2n) is 4.68. The molecule has 0 amide bonds. The van der Waals surface area contributed by atoms with Crippen LogP contribution < -0.4 is 10.1 Å². The van der Waals surface area contributed by atoms with Crippen LogP contribution in [0.2, 0.25) is 5.02 Å². The summed E-state index contributed by atoms with van der Waals surface area (Å²) in [6.07, 6.45) is 1.01. The number of hydrogen-bond acceptors (Lipinski definition) is 3. The normalized spacial score (nSPS) is 19.6. The molecule has 1 aliphatic rings. The molecule has 4 heteroatoms. The van der Waals surface area contributed by atoms with E-state index in [1.54, 1.807) is 11.3 Å². The summed E-state index contributed by atoms with van der Waals surface area (Å²) in [5.74, 6) is 1.41. The van der Waals surface area contributed by atoms with Crippen LogP contribution >= 0.6 is 22.9 Å². The molecule has 2 nitrogen and oxygen atoms in total. The second-order valence-corrected chi connectivity index (χ2v) is 6.04. The maximum Gasteiger partial charge on any atom is 0.122 e. The summed E-state index contributed by atoms with van der Waals surface area (Å²) in [4.78, 5) is 1.21. The van der Waals surface area contributed by atoms with Gasteiger partial charge in [0.05, 0.1) is 11.6 Å². The third-order valence-electron chi connectivity index (χ3n) is 3.65. The van der Waals surface area contributed by atoms with E-state index >= 15 is 0 Å². The van der Waals surface area contributed by atoms with E-state index in [1.807, 2.05) is 30.6 Å². The molecular formula is C15H16ClNOS. The number of para-hydroxylation sites is 1. The summed E-state index contributed by atoms with van der Waals surface area (Å²) in [6.45, 7) is 0.767. The Morgan fingerprint density at radius 3 is 2.95 bits per heavy atom. The van der Waals surface area contributed by atoms with Crippen molar-refractivity contribution in [1.82, 2.24) is 5.32 Å². The lowest BCUT2D eigenvalue weighted by molar-refractivity contribution is 0.249. The van der Waals surface area contributed by atoms with Gasteiger partial charge in [-0.2, -0.15) is 0 Å². The maximum absolute atomic E-state index is 6.30. The number of nitrogens with one attached hydrogen (secondary N) is 1.